The van der Waals surface area contributed by atoms with Gasteiger partial charge in [0.05, 0.1) is 17.5 Å². The lowest BCUT2D eigenvalue weighted by Crippen LogP contribution is -2.12. The third-order valence-electron chi connectivity index (χ3n) is 5.23. The van der Waals surface area contributed by atoms with E-state index in [1.807, 2.05) is 47.9 Å². The largest absolute Gasteiger partial charge is 0.388 e. The molecule has 4 aromatic rings. The maximum absolute atomic E-state index is 12.7. The molecule has 6 nitrogen and oxygen atoms in total. The number of carbonyl (C=O) groups is 1. The first-order valence-corrected chi connectivity index (χ1v) is 10.0. The van der Waals surface area contributed by atoms with Gasteiger partial charge in [0.1, 0.15) is 5.65 Å². The summed E-state index contributed by atoms with van der Waals surface area (Å²) in [4.78, 5) is 21.5. The van der Waals surface area contributed by atoms with Crippen LogP contribution in [0.5, 0.6) is 0 Å². The number of hydrogen-bond donors (Lipinski definition) is 2. The summed E-state index contributed by atoms with van der Waals surface area (Å²) in [7, 11) is 0. The molecule has 1 amide bonds. The van der Waals surface area contributed by atoms with Crippen molar-refractivity contribution >= 4 is 17.2 Å². The van der Waals surface area contributed by atoms with E-state index in [1.54, 1.807) is 30.5 Å². The van der Waals surface area contributed by atoms with Gasteiger partial charge in [-0.2, -0.15) is 0 Å². The highest BCUT2D eigenvalue weighted by molar-refractivity contribution is 6.04. The topological polar surface area (TPSA) is 79.5 Å². The minimum absolute atomic E-state index is 0.200. The van der Waals surface area contributed by atoms with Gasteiger partial charge in [0.25, 0.3) is 5.91 Å². The molecular weight excluding hydrogens is 376 g/mol. The van der Waals surface area contributed by atoms with E-state index in [0.29, 0.717) is 17.7 Å². The molecule has 3 aromatic heterocycles. The fourth-order valence-corrected chi connectivity index (χ4v) is 3.51. The van der Waals surface area contributed by atoms with E-state index in [4.69, 9.17) is 0 Å². The Hall–Kier alpha value is -3.51. The van der Waals surface area contributed by atoms with Crippen LogP contribution in [0.4, 0.5) is 5.69 Å². The Balaban J connectivity index is 1.46. The number of aliphatic hydroxyl groups excluding tert-OH is 1. The molecule has 6 heteroatoms. The van der Waals surface area contributed by atoms with Crippen molar-refractivity contribution in [3.63, 3.8) is 0 Å². The number of pyridine rings is 2. The fourth-order valence-electron chi connectivity index (χ4n) is 3.51. The highest BCUT2D eigenvalue weighted by Gasteiger charge is 2.13. The lowest BCUT2D eigenvalue weighted by Gasteiger charge is -2.11. The fraction of sp³-hybridized carbons (Fsp3) is 0.208. The summed E-state index contributed by atoms with van der Waals surface area (Å²) in [5, 5.41) is 13.4. The van der Waals surface area contributed by atoms with E-state index in [2.05, 4.69) is 22.2 Å². The minimum Gasteiger partial charge on any atom is -0.388 e. The van der Waals surface area contributed by atoms with Crippen LogP contribution in [0, 0.1) is 6.92 Å². The number of nitrogens with zero attached hydrogens (tertiary/aromatic N) is 3. The Morgan fingerprint density at radius 3 is 2.63 bits per heavy atom. The molecule has 0 spiro atoms. The summed E-state index contributed by atoms with van der Waals surface area (Å²) in [6, 6.07) is 16.4. The highest BCUT2D eigenvalue weighted by Crippen LogP contribution is 2.20. The highest BCUT2D eigenvalue weighted by atomic mass is 16.3. The number of fused-ring (bicyclic) bond motifs is 1. The van der Waals surface area contributed by atoms with Crippen molar-refractivity contribution in [3.05, 3.63) is 95.2 Å². The Bertz CT molecular complexity index is 1170. The molecule has 0 aliphatic heterocycles. The molecule has 0 saturated heterocycles. The number of nitrogens with one attached hydrogen (secondary N) is 1. The zero-order valence-electron chi connectivity index (χ0n) is 17.0. The molecule has 30 heavy (non-hydrogen) atoms. The van der Waals surface area contributed by atoms with Crippen LogP contribution < -0.4 is 5.32 Å². The third-order valence-corrected chi connectivity index (χ3v) is 5.23. The van der Waals surface area contributed by atoms with Crippen molar-refractivity contribution in [2.45, 2.75) is 32.8 Å². The van der Waals surface area contributed by atoms with E-state index in [-0.39, 0.29) is 5.91 Å². The van der Waals surface area contributed by atoms with Gasteiger partial charge >= 0.3 is 0 Å². The number of carbonyl (C=O) groups excluding carboxylic acids is 1. The van der Waals surface area contributed by atoms with Gasteiger partial charge in [0, 0.05) is 35.8 Å². The molecule has 3 heterocycles. The molecule has 1 aromatic carbocycles. The monoisotopic (exact) mass is 400 g/mol. The van der Waals surface area contributed by atoms with Crippen LogP contribution in [0.15, 0.2) is 67.0 Å². The molecule has 0 fully saturated rings. The summed E-state index contributed by atoms with van der Waals surface area (Å²) in [6.45, 7) is 4.11. The van der Waals surface area contributed by atoms with Gasteiger partial charge in [-0.15, -0.1) is 0 Å². The number of aliphatic hydroxyl groups is 1. The average molecular weight is 400 g/mol. The Morgan fingerprint density at radius 1 is 1.13 bits per heavy atom. The molecule has 0 aliphatic carbocycles. The summed E-state index contributed by atoms with van der Waals surface area (Å²) in [5.74, 6) is -0.200. The number of benzene rings is 1. The van der Waals surface area contributed by atoms with Gasteiger partial charge in [0.15, 0.2) is 0 Å². The van der Waals surface area contributed by atoms with Gasteiger partial charge in [0.2, 0.25) is 0 Å². The van der Waals surface area contributed by atoms with Crippen LogP contribution in [-0.2, 0) is 12.8 Å². The summed E-state index contributed by atoms with van der Waals surface area (Å²) in [5.41, 5.74) is 5.81. The minimum atomic E-state index is -0.670. The Morgan fingerprint density at radius 2 is 1.93 bits per heavy atom. The van der Waals surface area contributed by atoms with E-state index < -0.39 is 6.10 Å². The Kier molecular flexibility index (Phi) is 5.59. The van der Waals surface area contributed by atoms with Gasteiger partial charge in [-0.1, -0.05) is 25.1 Å². The number of amides is 1. The average Bonchev–Trinajstić information content (AvgIpc) is 3.10. The van der Waals surface area contributed by atoms with E-state index in [9.17, 15) is 9.90 Å². The van der Waals surface area contributed by atoms with Crippen LogP contribution in [0.2, 0.25) is 0 Å². The number of rotatable bonds is 6. The molecule has 152 valence electrons. The van der Waals surface area contributed by atoms with Crippen molar-refractivity contribution in [1.82, 2.24) is 14.4 Å². The van der Waals surface area contributed by atoms with Crippen molar-refractivity contribution in [3.8, 4) is 0 Å². The van der Waals surface area contributed by atoms with E-state index >= 15 is 0 Å². The molecule has 1 unspecified atom stereocenters. The van der Waals surface area contributed by atoms with Crippen LogP contribution in [0.1, 0.15) is 46.0 Å². The van der Waals surface area contributed by atoms with Gasteiger partial charge < -0.3 is 14.8 Å². The van der Waals surface area contributed by atoms with E-state index in [1.165, 1.54) is 0 Å². The quantitative estimate of drug-likeness (QED) is 0.510. The molecule has 0 bridgehead atoms. The molecule has 0 saturated carbocycles. The zero-order chi connectivity index (χ0) is 21.1. The van der Waals surface area contributed by atoms with E-state index in [0.717, 1.165) is 34.7 Å². The molecule has 4 rings (SSSR count). The molecule has 0 aliphatic rings. The lowest BCUT2D eigenvalue weighted by molar-refractivity contribution is 0.102. The summed E-state index contributed by atoms with van der Waals surface area (Å²) >= 11 is 0. The van der Waals surface area contributed by atoms with Crippen LogP contribution in [-0.4, -0.2) is 25.4 Å². The molecule has 1 atom stereocenters. The van der Waals surface area contributed by atoms with Crippen molar-refractivity contribution in [2.75, 3.05) is 5.32 Å². The maximum atomic E-state index is 12.7. The predicted molar refractivity (Wildman–Crippen MR) is 117 cm³/mol. The second-order valence-corrected chi connectivity index (χ2v) is 7.26. The first-order valence-electron chi connectivity index (χ1n) is 10.0. The standard InChI is InChI=1S/C24H24N4O2/c1-3-21-16(2)28-15-20(11-12-23(28)27-21)26-24(30)18-9-7-17(8-10-18)22(29)14-19-6-4-5-13-25-19/h4-13,15,22,29H,3,14H2,1-2H3,(H,26,30). The number of aryl methyl sites for hydroxylation is 2. The maximum Gasteiger partial charge on any atom is 0.255 e. The first kappa shape index (κ1) is 19.8. The zero-order valence-corrected chi connectivity index (χ0v) is 17.0. The number of anilines is 1. The van der Waals surface area contributed by atoms with Crippen LogP contribution in [0.25, 0.3) is 5.65 Å². The second kappa shape index (κ2) is 8.47. The SMILES string of the molecule is CCc1nc2ccc(NC(=O)c3ccc(C(O)Cc4ccccn4)cc3)cn2c1C. The van der Waals surface area contributed by atoms with Gasteiger partial charge in [-0.25, -0.2) is 4.98 Å². The normalized spacial score (nSPS) is 12.1. The van der Waals surface area contributed by atoms with Gasteiger partial charge in [-0.05, 0) is 55.3 Å². The summed E-state index contributed by atoms with van der Waals surface area (Å²) < 4.78 is 1.99. The third kappa shape index (κ3) is 4.09. The van der Waals surface area contributed by atoms with Crippen molar-refractivity contribution < 1.29 is 9.90 Å². The first-order chi connectivity index (χ1) is 14.5. The number of hydrogen-bond acceptors (Lipinski definition) is 4. The smallest absolute Gasteiger partial charge is 0.255 e. The molecule has 2 N–H and O–H groups in total. The van der Waals surface area contributed by atoms with Crippen molar-refractivity contribution in [2.24, 2.45) is 0 Å². The lowest BCUT2D eigenvalue weighted by atomic mass is 10.0. The van der Waals surface area contributed by atoms with Crippen molar-refractivity contribution in [1.29, 1.82) is 0 Å². The second-order valence-electron chi connectivity index (χ2n) is 7.26. The number of imidazole rings is 1. The van der Waals surface area contributed by atoms with Crippen LogP contribution >= 0.6 is 0 Å². The summed E-state index contributed by atoms with van der Waals surface area (Å²) in [6.07, 6.45) is 4.22. The van der Waals surface area contributed by atoms with Crippen LogP contribution in [0.3, 0.4) is 0 Å². The molecule has 0 radical (unpaired) electrons. The Labute approximate surface area is 175 Å². The van der Waals surface area contributed by atoms with Gasteiger partial charge in [-0.3, -0.25) is 9.78 Å². The predicted octanol–water partition coefficient (Wildman–Crippen LogP) is 4.13. The number of aromatic nitrogens is 3. The molecular formula is C24H24N4O2.